The second-order valence-corrected chi connectivity index (χ2v) is 7.35. The maximum atomic E-state index is 14.1. The van der Waals surface area contributed by atoms with Crippen molar-refractivity contribution in [3.8, 4) is 0 Å². The fourth-order valence-electron chi connectivity index (χ4n) is 4.72. The first-order valence-electron chi connectivity index (χ1n) is 9.29. The van der Waals surface area contributed by atoms with Gasteiger partial charge in [-0.2, -0.15) is 0 Å². The molecule has 2 heterocycles. The number of amides is 1. The second-order valence-electron chi connectivity index (χ2n) is 7.35. The lowest BCUT2D eigenvalue weighted by atomic mass is 9.66. The van der Waals surface area contributed by atoms with E-state index in [0.717, 1.165) is 37.4 Å². The third-order valence-electron chi connectivity index (χ3n) is 6.01. The Balaban J connectivity index is 1.67. The van der Waals surface area contributed by atoms with E-state index in [-0.39, 0.29) is 23.4 Å². The fourth-order valence-corrected chi connectivity index (χ4v) is 4.72. The summed E-state index contributed by atoms with van der Waals surface area (Å²) in [7, 11) is 0. The van der Waals surface area contributed by atoms with Crippen molar-refractivity contribution in [1.82, 2.24) is 9.88 Å². The lowest BCUT2D eigenvalue weighted by Crippen LogP contribution is -2.59. The summed E-state index contributed by atoms with van der Waals surface area (Å²) in [5.41, 5.74) is 0.0495. The van der Waals surface area contributed by atoms with Crippen LogP contribution in [0.5, 0.6) is 0 Å². The topological polar surface area (TPSA) is 53.4 Å². The third-order valence-corrected chi connectivity index (χ3v) is 6.01. The molecule has 1 unspecified atom stereocenters. The van der Waals surface area contributed by atoms with Gasteiger partial charge in [-0.25, -0.2) is 4.39 Å². The van der Waals surface area contributed by atoms with E-state index in [1.807, 2.05) is 30.3 Å². The maximum absolute atomic E-state index is 14.1. The highest BCUT2D eigenvalue weighted by molar-refractivity contribution is 5.94. The summed E-state index contributed by atoms with van der Waals surface area (Å²) < 4.78 is 14.1. The van der Waals surface area contributed by atoms with Crippen LogP contribution in [0.3, 0.4) is 0 Å². The quantitative estimate of drug-likeness (QED) is 0.898. The normalized spacial score (nSPS) is 28.5. The van der Waals surface area contributed by atoms with Gasteiger partial charge in [-0.3, -0.25) is 9.78 Å². The number of likely N-dealkylation sites (tertiary alicyclic amines) is 1. The zero-order valence-corrected chi connectivity index (χ0v) is 14.6. The van der Waals surface area contributed by atoms with E-state index in [4.69, 9.17) is 0 Å². The predicted octanol–water partition coefficient (Wildman–Crippen LogP) is 3.51. The number of carbonyl (C=O) groups is 1. The van der Waals surface area contributed by atoms with Crippen molar-refractivity contribution in [2.45, 2.75) is 43.7 Å². The molecule has 3 atom stereocenters. The number of aliphatic hydroxyl groups is 1. The Hall–Kier alpha value is -2.27. The molecule has 1 saturated heterocycles. The average molecular weight is 354 g/mol. The van der Waals surface area contributed by atoms with Gasteiger partial charge in [0.2, 0.25) is 0 Å². The Kier molecular flexibility index (Phi) is 4.49. The number of aromatic nitrogens is 1. The number of pyridine rings is 1. The van der Waals surface area contributed by atoms with Crippen LogP contribution in [0, 0.1) is 11.7 Å². The van der Waals surface area contributed by atoms with Gasteiger partial charge in [0.15, 0.2) is 5.82 Å². The summed E-state index contributed by atoms with van der Waals surface area (Å²) in [5, 5.41) is 11.5. The van der Waals surface area contributed by atoms with Gasteiger partial charge in [-0.1, -0.05) is 43.2 Å². The first-order chi connectivity index (χ1) is 12.6. The van der Waals surface area contributed by atoms with Crippen LogP contribution < -0.4 is 0 Å². The van der Waals surface area contributed by atoms with Crippen LogP contribution in [0.4, 0.5) is 4.39 Å². The predicted molar refractivity (Wildman–Crippen MR) is 95.9 cm³/mol. The van der Waals surface area contributed by atoms with Gasteiger partial charge in [0.1, 0.15) is 0 Å². The molecule has 1 saturated carbocycles. The highest BCUT2D eigenvalue weighted by atomic mass is 19.1. The summed E-state index contributed by atoms with van der Waals surface area (Å²) in [6, 6.07) is 11.1. The molecule has 0 bridgehead atoms. The van der Waals surface area contributed by atoms with Crippen LogP contribution in [0.25, 0.3) is 0 Å². The van der Waals surface area contributed by atoms with Crippen molar-refractivity contribution in [2.75, 3.05) is 6.54 Å². The molecule has 1 N–H and O–H groups in total. The molecular weight excluding hydrogens is 331 g/mol. The van der Waals surface area contributed by atoms with Crippen molar-refractivity contribution in [3.05, 3.63) is 65.7 Å². The number of fused-ring (bicyclic) bond motifs is 1. The number of hydrogen-bond acceptors (Lipinski definition) is 3. The Bertz CT molecular complexity index is 798. The molecule has 2 aromatic rings. The summed E-state index contributed by atoms with van der Waals surface area (Å²) >= 11 is 0. The highest BCUT2D eigenvalue weighted by Gasteiger charge is 2.50. The number of nitrogens with zero attached hydrogens (tertiary/aromatic N) is 2. The molecule has 4 nitrogen and oxygen atoms in total. The number of hydrogen-bond donors (Lipinski definition) is 1. The molecule has 0 spiro atoms. The Labute approximate surface area is 152 Å². The van der Waals surface area contributed by atoms with Crippen molar-refractivity contribution in [3.63, 3.8) is 0 Å². The number of benzene rings is 1. The molecule has 4 rings (SSSR count). The summed E-state index contributed by atoms with van der Waals surface area (Å²) in [6.45, 7) is 0.424. The number of rotatable bonds is 2. The van der Waals surface area contributed by atoms with E-state index < -0.39 is 11.4 Å². The molecule has 1 aromatic carbocycles. The van der Waals surface area contributed by atoms with Gasteiger partial charge >= 0.3 is 0 Å². The molecule has 2 aliphatic rings. The van der Waals surface area contributed by atoms with Gasteiger partial charge in [0.05, 0.1) is 17.4 Å². The van der Waals surface area contributed by atoms with Gasteiger partial charge in [0.25, 0.3) is 5.91 Å². The molecule has 1 aliphatic heterocycles. The van der Waals surface area contributed by atoms with Crippen LogP contribution in [0.2, 0.25) is 0 Å². The van der Waals surface area contributed by atoms with E-state index in [9.17, 15) is 14.3 Å². The third kappa shape index (κ3) is 2.80. The molecule has 5 heteroatoms. The summed E-state index contributed by atoms with van der Waals surface area (Å²) in [6.07, 6.45) is 6.78. The van der Waals surface area contributed by atoms with E-state index in [0.29, 0.717) is 13.0 Å². The molecular formula is C21H23FN2O2. The molecule has 2 fully saturated rings. The minimum Gasteiger partial charge on any atom is -0.385 e. The molecule has 136 valence electrons. The standard InChI is InChI=1S/C21H23FN2O2/c22-18-14-23-12-10-16(18)20(25)24-13-11-21(26,15-6-2-1-3-7-15)17-8-4-5-9-19(17)24/h1-3,6-7,10,12,14,17,19,26H,4-5,8-9,11,13H2/t17-,19-,21?/m0/s1. The highest BCUT2D eigenvalue weighted by Crippen LogP contribution is 2.47. The largest absolute Gasteiger partial charge is 0.385 e. The fraction of sp³-hybridized carbons (Fsp3) is 0.429. The van der Waals surface area contributed by atoms with Crippen LogP contribution in [-0.4, -0.2) is 33.5 Å². The Morgan fingerprint density at radius 2 is 1.96 bits per heavy atom. The lowest BCUT2D eigenvalue weighted by molar-refractivity contribution is -0.110. The monoisotopic (exact) mass is 354 g/mol. The lowest BCUT2D eigenvalue weighted by Gasteiger charge is -2.52. The number of halogens is 1. The first kappa shape index (κ1) is 17.2. The van der Waals surface area contributed by atoms with E-state index in [1.54, 1.807) is 4.90 Å². The SMILES string of the molecule is O=C(c1ccncc1F)N1CCC(O)(c2ccccc2)[C@H]2CCCC[C@@H]21. The maximum Gasteiger partial charge on any atom is 0.257 e. The van der Waals surface area contributed by atoms with E-state index in [2.05, 4.69) is 4.98 Å². The zero-order chi connectivity index (χ0) is 18.1. The number of carbonyl (C=O) groups excluding carboxylic acids is 1. The van der Waals surface area contributed by atoms with Crippen LogP contribution in [0.1, 0.15) is 48.0 Å². The van der Waals surface area contributed by atoms with Crippen molar-refractivity contribution in [2.24, 2.45) is 5.92 Å². The molecule has 1 amide bonds. The van der Waals surface area contributed by atoms with Gasteiger partial charge < -0.3 is 10.0 Å². The number of piperidine rings is 1. The molecule has 1 aliphatic carbocycles. The molecule has 0 radical (unpaired) electrons. The van der Waals surface area contributed by atoms with Gasteiger partial charge in [0, 0.05) is 24.7 Å². The minimum absolute atomic E-state index is 0.0266. The second kappa shape index (κ2) is 6.80. The van der Waals surface area contributed by atoms with Crippen molar-refractivity contribution < 1.29 is 14.3 Å². The van der Waals surface area contributed by atoms with Crippen molar-refractivity contribution >= 4 is 5.91 Å². The van der Waals surface area contributed by atoms with E-state index in [1.165, 1.54) is 12.3 Å². The van der Waals surface area contributed by atoms with Crippen LogP contribution >= 0.6 is 0 Å². The molecule has 26 heavy (non-hydrogen) atoms. The van der Waals surface area contributed by atoms with Crippen LogP contribution in [-0.2, 0) is 5.60 Å². The summed E-state index contributed by atoms with van der Waals surface area (Å²) in [5.74, 6) is -0.910. The summed E-state index contributed by atoms with van der Waals surface area (Å²) in [4.78, 5) is 18.5. The Morgan fingerprint density at radius 1 is 1.19 bits per heavy atom. The Morgan fingerprint density at radius 3 is 2.73 bits per heavy atom. The smallest absolute Gasteiger partial charge is 0.257 e. The minimum atomic E-state index is -0.931. The first-order valence-corrected chi connectivity index (χ1v) is 9.29. The average Bonchev–Trinajstić information content (AvgIpc) is 2.69. The zero-order valence-electron chi connectivity index (χ0n) is 14.6. The van der Waals surface area contributed by atoms with Crippen molar-refractivity contribution in [1.29, 1.82) is 0 Å². The van der Waals surface area contributed by atoms with E-state index >= 15 is 0 Å². The molecule has 1 aromatic heterocycles. The van der Waals surface area contributed by atoms with Crippen LogP contribution in [0.15, 0.2) is 48.8 Å². The van der Waals surface area contributed by atoms with Gasteiger partial charge in [-0.05, 0) is 30.9 Å². The van der Waals surface area contributed by atoms with Gasteiger partial charge in [-0.15, -0.1) is 0 Å².